The first-order chi connectivity index (χ1) is 11.7. The van der Waals surface area contributed by atoms with Gasteiger partial charge in [-0.1, -0.05) is 0 Å². The number of hydrogen-bond donors (Lipinski definition) is 0. The van der Waals surface area contributed by atoms with Crippen molar-refractivity contribution in [2.75, 3.05) is 12.5 Å². The quantitative estimate of drug-likeness (QED) is 0.681. The van der Waals surface area contributed by atoms with Crippen LogP contribution >= 0.6 is 10.3 Å². The molecule has 0 atom stereocenters. The standard InChI is InChI=1S/C20H25NO2SSe/c1-20(2,3)24(4,5)23-16-10-8-9-15(13-14-16)21-19(22)17-11-6-7-12-18(17)25-21/h6-8,10-14H,9H2,1-5H3. The maximum atomic E-state index is 12.7. The van der Waals surface area contributed by atoms with Gasteiger partial charge in [-0.3, -0.25) is 0 Å². The van der Waals surface area contributed by atoms with Crippen LogP contribution in [0.25, 0.3) is 15.3 Å². The van der Waals surface area contributed by atoms with Crippen LogP contribution < -0.4 is 5.56 Å². The molecular weight excluding hydrogens is 397 g/mol. The summed E-state index contributed by atoms with van der Waals surface area (Å²) in [6, 6.07) is 7.91. The summed E-state index contributed by atoms with van der Waals surface area (Å²) in [5.74, 6) is 0.876. The molecule has 0 unspecified atom stereocenters. The third-order valence-electron chi connectivity index (χ3n) is 4.58. The van der Waals surface area contributed by atoms with Crippen molar-refractivity contribution >= 4 is 40.4 Å². The van der Waals surface area contributed by atoms with E-state index in [-0.39, 0.29) is 25.0 Å². The summed E-state index contributed by atoms with van der Waals surface area (Å²) in [4.78, 5) is 12.7. The average molecular weight is 422 g/mol. The van der Waals surface area contributed by atoms with Crippen LogP contribution in [0.3, 0.4) is 0 Å². The summed E-state index contributed by atoms with van der Waals surface area (Å²) in [5.41, 5.74) is 1.16. The Morgan fingerprint density at radius 3 is 2.56 bits per heavy atom. The Bertz CT molecular complexity index is 938. The van der Waals surface area contributed by atoms with Gasteiger partial charge >= 0.3 is 157 Å². The van der Waals surface area contributed by atoms with Gasteiger partial charge in [-0.05, 0) is 0 Å². The second-order valence-corrected chi connectivity index (χ2v) is 13.4. The molecule has 0 spiro atoms. The number of fused-ring (bicyclic) bond motifs is 1. The van der Waals surface area contributed by atoms with E-state index in [2.05, 4.69) is 45.4 Å². The molecule has 0 saturated heterocycles. The fourth-order valence-corrected chi connectivity index (χ4v) is 5.32. The predicted octanol–water partition coefficient (Wildman–Crippen LogP) is 4.54. The summed E-state index contributed by atoms with van der Waals surface area (Å²) >= 11 is 0.0164. The van der Waals surface area contributed by atoms with Gasteiger partial charge in [-0.2, -0.15) is 0 Å². The molecule has 134 valence electrons. The number of nitrogens with zero attached hydrogens (tertiary/aromatic N) is 1. The van der Waals surface area contributed by atoms with Gasteiger partial charge in [0.2, 0.25) is 0 Å². The van der Waals surface area contributed by atoms with Gasteiger partial charge in [-0.25, -0.2) is 0 Å². The van der Waals surface area contributed by atoms with Gasteiger partial charge in [0, 0.05) is 0 Å². The van der Waals surface area contributed by atoms with E-state index in [0.717, 1.165) is 27.5 Å². The van der Waals surface area contributed by atoms with Crippen LogP contribution in [-0.2, 0) is 4.18 Å². The van der Waals surface area contributed by atoms with Gasteiger partial charge < -0.3 is 0 Å². The fourth-order valence-electron chi connectivity index (χ4n) is 2.33. The van der Waals surface area contributed by atoms with Crippen LogP contribution in [0.15, 0.2) is 59.1 Å². The molecule has 0 amide bonds. The topological polar surface area (TPSA) is 31.2 Å². The van der Waals surface area contributed by atoms with E-state index in [1.165, 1.54) is 0 Å². The maximum absolute atomic E-state index is 12.7. The third-order valence-corrected chi connectivity index (χ3v) is 10.5. The third kappa shape index (κ3) is 3.74. The zero-order valence-corrected chi connectivity index (χ0v) is 17.9. The van der Waals surface area contributed by atoms with Crippen LogP contribution in [0.4, 0.5) is 0 Å². The predicted molar refractivity (Wildman–Crippen MR) is 112 cm³/mol. The Morgan fingerprint density at radius 2 is 1.88 bits per heavy atom. The summed E-state index contributed by atoms with van der Waals surface area (Å²) in [6.07, 6.45) is 13.3. The van der Waals surface area contributed by atoms with Crippen molar-refractivity contribution in [3.8, 4) is 0 Å². The number of aromatic nitrogens is 1. The van der Waals surface area contributed by atoms with Crippen molar-refractivity contribution in [3.05, 3.63) is 64.7 Å². The normalized spacial score (nSPS) is 16.4. The number of allylic oxidation sites excluding steroid dienone is 5. The van der Waals surface area contributed by atoms with Crippen LogP contribution in [0, 0.1) is 0 Å². The molecule has 1 aliphatic rings. The Morgan fingerprint density at radius 1 is 1.16 bits per heavy atom. The van der Waals surface area contributed by atoms with Crippen molar-refractivity contribution < 1.29 is 4.18 Å². The van der Waals surface area contributed by atoms with Crippen molar-refractivity contribution in [3.63, 3.8) is 0 Å². The Labute approximate surface area is 157 Å². The van der Waals surface area contributed by atoms with E-state index >= 15 is 0 Å². The molecular formula is C20H25NO2SSe. The van der Waals surface area contributed by atoms with Crippen molar-refractivity contribution in [1.29, 1.82) is 0 Å². The number of benzene rings is 1. The van der Waals surface area contributed by atoms with Gasteiger partial charge in [0.05, 0.1) is 0 Å². The Balaban J connectivity index is 1.94. The van der Waals surface area contributed by atoms with Crippen molar-refractivity contribution in [2.24, 2.45) is 0 Å². The van der Waals surface area contributed by atoms with Crippen LogP contribution in [-0.4, -0.2) is 35.6 Å². The molecule has 1 aromatic carbocycles. The van der Waals surface area contributed by atoms with Crippen LogP contribution in [0.2, 0.25) is 0 Å². The molecule has 0 fully saturated rings. The molecule has 0 N–H and O–H groups in total. The molecule has 0 saturated carbocycles. The molecule has 5 heteroatoms. The van der Waals surface area contributed by atoms with Gasteiger partial charge in [0.25, 0.3) is 0 Å². The molecule has 0 aliphatic heterocycles. The monoisotopic (exact) mass is 423 g/mol. The zero-order chi connectivity index (χ0) is 18.2. The van der Waals surface area contributed by atoms with Crippen molar-refractivity contribution in [1.82, 2.24) is 3.56 Å². The number of rotatable bonds is 3. The molecule has 0 bridgehead atoms. The summed E-state index contributed by atoms with van der Waals surface area (Å²) in [5, 5.41) is 0.843. The van der Waals surface area contributed by atoms with Gasteiger partial charge in [0.1, 0.15) is 0 Å². The minimum atomic E-state index is -1.23. The second-order valence-electron chi connectivity index (χ2n) is 7.45. The van der Waals surface area contributed by atoms with E-state index in [1.54, 1.807) is 0 Å². The molecule has 1 aromatic heterocycles. The Hall–Kier alpha value is -1.42. The van der Waals surface area contributed by atoms with E-state index < -0.39 is 10.3 Å². The molecule has 25 heavy (non-hydrogen) atoms. The number of hydrogen-bond acceptors (Lipinski definition) is 2. The van der Waals surface area contributed by atoms with E-state index in [0.29, 0.717) is 0 Å². The van der Waals surface area contributed by atoms with E-state index in [1.807, 2.05) is 40.0 Å². The minimum absolute atomic E-state index is 0.0164. The average Bonchev–Trinajstić information content (AvgIpc) is 2.71. The molecule has 2 aromatic rings. The van der Waals surface area contributed by atoms with Crippen molar-refractivity contribution in [2.45, 2.75) is 31.9 Å². The summed E-state index contributed by atoms with van der Waals surface area (Å²) in [6.45, 7) is 6.65. The van der Waals surface area contributed by atoms with Crippen LogP contribution in [0.1, 0.15) is 27.2 Å². The first kappa shape index (κ1) is 18.4. The first-order valence-electron chi connectivity index (χ1n) is 8.30. The molecule has 1 heterocycles. The molecule has 0 radical (unpaired) electrons. The van der Waals surface area contributed by atoms with Gasteiger partial charge in [-0.15, -0.1) is 0 Å². The summed E-state index contributed by atoms with van der Waals surface area (Å²) < 4.78 is 9.54. The molecule has 3 nitrogen and oxygen atoms in total. The fraction of sp³-hybridized carbons (Fsp3) is 0.350. The second kappa shape index (κ2) is 6.71. The molecule has 3 rings (SSSR count). The van der Waals surface area contributed by atoms with Crippen LogP contribution in [0.5, 0.6) is 0 Å². The SMILES string of the molecule is CC(C)(C)S(C)(C)OC1=CC=C(n2[se]c3ccccc3c2=O)CC=C1. The summed E-state index contributed by atoms with van der Waals surface area (Å²) in [7, 11) is -1.23. The Kier molecular flexibility index (Phi) is 4.93. The molecule has 1 aliphatic carbocycles. The first-order valence-corrected chi connectivity index (χ1v) is 12.3. The zero-order valence-electron chi connectivity index (χ0n) is 15.4. The van der Waals surface area contributed by atoms with Gasteiger partial charge in [0.15, 0.2) is 0 Å². The van der Waals surface area contributed by atoms with E-state index in [9.17, 15) is 4.79 Å². The van der Waals surface area contributed by atoms with E-state index in [4.69, 9.17) is 4.18 Å².